The molecule has 0 amide bonds. The predicted molar refractivity (Wildman–Crippen MR) is 85.2 cm³/mol. The van der Waals surface area contributed by atoms with Gasteiger partial charge in [0.05, 0.1) is 0 Å². The zero-order valence-corrected chi connectivity index (χ0v) is 13.1. The molecule has 112 valence electrons. The van der Waals surface area contributed by atoms with Gasteiger partial charge in [-0.05, 0) is 32.1 Å². The van der Waals surface area contributed by atoms with Crippen LogP contribution >= 0.6 is 0 Å². The van der Waals surface area contributed by atoms with E-state index < -0.39 is 0 Å². The quantitative estimate of drug-likeness (QED) is 0.826. The van der Waals surface area contributed by atoms with Crippen LogP contribution in [0.5, 0.6) is 0 Å². The molecular weight excluding hydrogens is 248 g/mol. The zero-order chi connectivity index (χ0) is 14.4. The highest BCUT2D eigenvalue weighted by atomic mass is 15.3. The summed E-state index contributed by atoms with van der Waals surface area (Å²) in [4.78, 5) is 9.64. The van der Waals surface area contributed by atoms with E-state index in [-0.39, 0.29) is 0 Å². The summed E-state index contributed by atoms with van der Waals surface area (Å²) in [6.45, 7) is 13.1. The lowest BCUT2D eigenvalue weighted by molar-refractivity contribution is 0.232. The second kappa shape index (κ2) is 7.60. The maximum Gasteiger partial charge on any atom is 0.133 e. The second-order valence-electron chi connectivity index (χ2n) is 5.38. The Balaban J connectivity index is 2.05. The van der Waals surface area contributed by atoms with Crippen LogP contribution in [0.25, 0.3) is 0 Å². The molecule has 0 saturated carbocycles. The van der Waals surface area contributed by atoms with Crippen molar-refractivity contribution in [2.45, 2.75) is 39.8 Å². The molecule has 0 radical (unpaired) electrons. The van der Waals surface area contributed by atoms with E-state index in [2.05, 4.69) is 46.9 Å². The standard InChI is InChI=1S/C16H28N4/c1-4-17-12-14-8-7-10-18-16(14)20-11-9-15(13-20)19(5-2)6-3/h7-8,10,15,17H,4-6,9,11-13H2,1-3H3. The van der Waals surface area contributed by atoms with Crippen LogP contribution in [-0.2, 0) is 6.54 Å². The third kappa shape index (κ3) is 3.49. The number of pyridine rings is 1. The minimum atomic E-state index is 0.680. The van der Waals surface area contributed by atoms with Crippen molar-refractivity contribution < 1.29 is 0 Å². The Bertz CT molecular complexity index is 403. The summed E-state index contributed by atoms with van der Waals surface area (Å²) in [5.41, 5.74) is 1.31. The Hall–Kier alpha value is -1.13. The largest absolute Gasteiger partial charge is 0.355 e. The van der Waals surface area contributed by atoms with E-state index in [1.54, 1.807) is 0 Å². The van der Waals surface area contributed by atoms with Gasteiger partial charge in [-0.2, -0.15) is 0 Å². The van der Waals surface area contributed by atoms with E-state index in [4.69, 9.17) is 0 Å². The van der Waals surface area contributed by atoms with Crippen LogP contribution in [0.15, 0.2) is 18.3 Å². The lowest BCUT2D eigenvalue weighted by atomic mass is 10.2. The van der Waals surface area contributed by atoms with Gasteiger partial charge >= 0.3 is 0 Å². The molecule has 0 aromatic carbocycles. The van der Waals surface area contributed by atoms with Gasteiger partial charge in [0, 0.05) is 37.4 Å². The fourth-order valence-electron chi connectivity index (χ4n) is 3.08. The minimum Gasteiger partial charge on any atom is -0.355 e. The van der Waals surface area contributed by atoms with E-state index in [9.17, 15) is 0 Å². The minimum absolute atomic E-state index is 0.680. The maximum absolute atomic E-state index is 4.63. The molecule has 1 aromatic heterocycles. The second-order valence-corrected chi connectivity index (χ2v) is 5.38. The number of nitrogens with one attached hydrogen (secondary N) is 1. The number of aromatic nitrogens is 1. The normalized spacial score (nSPS) is 19.0. The van der Waals surface area contributed by atoms with Gasteiger partial charge in [-0.25, -0.2) is 4.98 Å². The smallest absolute Gasteiger partial charge is 0.133 e. The first kappa shape index (κ1) is 15.3. The van der Waals surface area contributed by atoms with Gasteiger partial charge in [0.2, 0.25) is 0 Å². The van der Waals surface area contributed by atoms with E-state index in [1.807, 2.05) is 12.3 Å². The first-order valence-corrected chi connectivity index (χ1v) is 7.93. The van der Waals surface area contributed by atoms with Crippen LogP contribution in [0.1, 0.15) is 32.8 Å². The van der Waals surface area contributed by atoms with Crippen LogP contribution in [0.4, 0.5) is 5.82 Å². The Kier molecular flexibility index (Phi) is 5.80. The molecule has 0 aliphatic carbocycles. The fraction of sp³-hybridized carbons (Fsp3) is 0.688. The monoisotopic (exact) mass is 276 g/mol. The molecule has 0 bridgehead atoms. The lowest BCUT2D eigenvalue weighted by Gasteiger charge is -2.27. The van der Waals surface area contributed by atoms with Crippen LogP contribution in [0.3, 0.4) is 0 Å². The van der Waals surface area contributed by atoms with E-state index in [0.717, 1.165) is 39.3 Å². The van der Waals surface area contributed by atoms with Crippen LogP contribution in [0, 0.1) is 0 Å². The first-order chi connectivity index (χ1) is 9.80. The van der Waals surface area contributed by atoms with Crippen molar-refractivity contribution in [2.24, 2.45) is 0 Å². The Morgan fingerprint density at radius 2 is 2.15 bits per heavy atom. The number of hydrogen-bond acceptors (Lipinski definition) is 4. The summed E-state index contributed by atoms with van der Waals surface area (Å²) in [6.07, 6.45) is 3.16. The predicted octanol–water partition coefficient (Wildman–Crippen LogP) is 2.11. The average Bonchev–Trinajstić information content (AvgIpc) is 2.96. The first-order valence-electron chi connectivity index (χ1n) is 7.93. The molecule has 2 rings (SSSR count). The van der Waals surface area contributed by atoms with Gasteiger partial charge in [0.1, 0.15) is 5.82 Å². The molecular formula is C16H28N4. The van der Waals surface area contributed by atoms with Crippen molar-refractivity contribution in [3.05, 3.63) is 23.9 Å². The van der Waals surface area contributed by atoms with Gasteiger partial charge in [0.15, 0.2) is 0 Å². The molecule has 2 heterocycles. The molecule has 1 aliphatic rings. The third-order valence-corrected chi connectivity index (χ3v) is 4.22. The average molecular weight is 276 g/mol. The van der Waals surface area contributed by atoms with Crippen LogP contribution in [-0.4, -0.2) is 48.6 Å². The summed E-state index contributed by atoms with van der Waals surface area (Å²) < 4.78 is 0. The summed E-state index contributed by atoms with van der Waals surface area (Å²) >= 11 is 0. The SMILES string of the molecule is CCNCc1cccnc1N1CCC(N(CC)CC)C1. The molecule has 1 aliphatic heterocycles. The van der Waals surface area contributed by atoms with Crippen molar-refractivity contribution in [3.63, 3.8) is 0 Å². The molecule has 0 spiro atoms. The van der Waals surface area contributed by atoms with E-state index in [1.165, 1.54) is 17.8 Å². The maximum atomic E-state index is 4.63. The van der Waals surface area contributed by atoms with Gasteiger partial charge in [-0.1, -0.05) is 26.8 Å². The number of anilines is 1. The molecule has 1 atom stereocenters. The van der Waals surface area contributed by atoms with Crippen molar-refractivity contribution in [2.75, 3.05) is 37.6 Å². The van der Waals surface area contributed by atoms with Crippen molar-refractivity contribution in [3.8, 4) is 0 Å². The molecule has 1 N–H and O–H groups in total. The molecule has 4 nitrogen and oxygen atoms in total. The summed E-state index contributed by atoms with van der Waals surface area (Å²) in [5.74, 6) is 1.17. The third-order valence-electron chi connectivity index (χ3n) is 4.22. The fourth-order valence-corrected chi connectivity index (χ4v) is 3.08. The number of hydrogen-bond donors (Lipinski definition) is 1. The highest BCUT2D eigenvalue weighted by Gasteiger charge is 2.27. The molecule has 1 saturated heterocycles. The van der Waals surface area contributed by atoms with Crippen molar-refractivity contribution >= 4 is 5.82 Å². The van der Waals surface area contributed by atoms with Crippen molar-refractivity contribution in [1.29, 1.82) is 0 Å². The number of nitrogens with zero attached hydrogens (tertiary/aromatic N) is 3. The van der Waals surface area contributed by atoms with Gasteiger partial charge in [-0.15, -0.1) is 0 Å². The Morgan fingerprint density at radius 1 is 1.35 bits per heavy atom. The van der Waals surface area contributed by atoms with Crippen LogP contribution in [0.2, 0.25) is 0 Å². The topological polar surface area (TPSA) is 31.4 Å². The van der Waals surface area contributed by atoms with Gasteiger partial charge in [-0.3, -0.25) is 4.90 Å². The molecule has 1 aromatic rings. The van der Waals surface area contributed by atoms with Crippen molar-refractivity contribution in [1.82, 2.24) is 15.2 Å². The number of likely N-dealkylation sites (N-methyl/N-ethyl adjacent to an activating group) is 1. The molecule has 1 unspecified atom stereocenters. The Morgan fingerprint density at radius 3 is 2.85 bits per heavy atom. The molecule has 1 fully saturated rings. The molecule has 20 heavy (non-hydrogen) atoms. The van der Waals surface area contributed by atoms with Gasteiger partial charge in [0.25, 0.3) is 0 Å². The summed E-state index contributed by atoms with van der Waals surface area (Å²) in [6, 6.07) is 4.91. The lowest BCUT2D eigenvalue weighted by Crippen LogP contribution is -2.37. The number of rotatable bonds is 7. The highest BCUT2D eigenvalue weighted by Crippen LogP contribution is 2.24. The zero-order valence-electron chi connectivity index (χ0n) is 13.1. The van der Waals surface area contributed by atoms with Crippen LogP contribution < -0.4 is 10.2 Å². The summed E-state index contributed by atoms with van der Waals surface area (Å²) in [5, 5.41) is 3.41. The highest BCUT2D eigenvalue weighted by molar-refractivity contribution is 5.48. The summed E-state index contributed by atoms with van der Waals surface area (Å²) in [7, 11) is 0. The van der Waals surface area contributed by atoms with Gasteiger partial charge < -0.3 is 10.2 Å². The molecule has 4 heteroatoms. The van der Waals surface area contributed by atoms with E-state index >= 15 is 0 Å². The Labute approximate surface area is 123 Å². The van der Waals surface area contributed by atoms with E-state index in [0.29, 0.717) is 6.04 Å².